The maximum Gasteiger partial charge on any atom is 0.206 e. The summed E-state index contributed by atoms with van der Waals surface area (Å²) >= 11 is 1.80. The molecule has 0 amide bonds. The number of thiophene rings is 1. The predicted molar refractivity (Wildman–Crippen MR) is 181 cm³/mol. The van der Waals surface area contributed by atoms with E-state index < -0.39 is 0 Å². The van der Waals surface area contributed by atoms with E-state index in [2.05, 4.69) is 66.1 Å². The molecule has 0 atom stereocenters. The average molecular weight is 620 g/mol. The Labute approximate surface area is 266 Å². The molecule has 238 valence electrons. The summed E-state index contributed by atoms with van der Waals surface area (Å²) in [6.07, 6.45) is 12.0. The zero-order valence-electron chi connectivity index (χ0n) is 27.1. The number of benzene rings is 1. The monoisotopic (exact) mass is 619 g/mol. The average Bonchev–Trinajstić information content (AvgIpc) is 3.77. The van der Waals surface area contributed by atoms with Gasteiger partial charge in [-0.25, -0.2) is 4.52 Å². The number of anilines is 1. The number of H-pyrrole nitrogens is 1. The summed E-state index contributed by atoms with van der Waals surface area (Å²) in [4.78, 5) is 17.9. The van der Waals surface area contributed by atoms with Gasteiger partial charge in [0, 0.05) is 30.0 Å². The summed E-state index contributed by atoms with van der Waals surface area (Å²) in [5.41, 5.74) is 4.35. The van der Waals surface area contributed by atoms with Crippen molar-refractivity contribution in [3.63, 3.8) is 0 Å². The van der Waals surface area contributed by atoms with Crippen LogP contribution in [-0.2, 0) is 13.0 Å². The number of nitrogens with one attached hydrogen (secondary N) is 1. The molecule has 2 N–H and O–H groups in total. The van der Waals surface area contributed by atoms with Crippen LogP contribution in [0.4, 0.5) is 5.00 Å². The third-order valence-electron chi connectivity index (χ3n) is 8.02. The lowest BCUT2D eigenvalue weighted by Crippen LogP contribution is -2.24. The van der Waals surface area contributed by atoms with Gasteiger partial charge < -0.3 is 14.7 Å². The van der Waals surface area contributed by atoms with Crippen LogP contribution in [0.2, 0.25) is 0 Å². The van der Waals surface area contributed by atoms with Crippen molar-refractivity contribution in [2.75, 3.05) is 25.1 Å². The number of aliphatic hydroxyl groups is 1. The molecule has 0 saturated heterocycles. The Morgan fingerprint density at radius 2 is 1.77 bits per heavy atom. The first-order chi connectivity index (χ1) is 21.5. The summed E-state index contributed by atoms with van der Waals surface area (Å²) < 4.78 is 7.46. The van der Waals surface area contributed by atoms with Crippen LogP contribution in [0, 0.1) is 0 Å². The van der Waals surface area contributed by atoms with Gasteiger partial charge in [0.25, 0.3) is 0 Å². The van der Waals surface area contributed by atoms with E-state index in [-0.39, 0.29) is 12.4 Å². The fraction of sp³-hybridized carbons (Fsp3) is 0.514. The van der Waals surface area contributed by atoms with Crippen molar-refractivity contribution in [3.8, 4) is 17.1 Å². The Kier molecular flexibility index (Phi) is 12.6. The Hall–Kier alpha value is -3.43. The van der Waals surface area contributed by atoms with Crippen LogP contribution in [0.3, 0.4) is 0 Å². The molecule has 0 fully saturated rings. The van der Waals surface area contributed by atoms with Crippen molar-refractivity contribution in [1.29, 1.82) is 0 Å². The van der Waals surface area contributed by atoms with Gasteiger partial charge in [-0.05, 0) is 67.5 Å². The number of ether oxygens (including phenoxy) is 1. The topological polar surface area (TPSA) is 95.8 Å². The van der Waals surface area contributed by atoms with Gasteiger partial charge in [0.2, 0.25) is 5.78 Å². The highest BCUT2D eigenvalue weighted by molar-refractivity contribution is 7.16. The van der Waals surface area contributed by atoms with Gasteiger partial charge in [-0.1, -0.05) is 65.5 Å². The zero-order chi connectivity index (χ0) is 31.5. The Balaban J connectivity index is 1.81. The van der Waals surface area contributed by atoms with Gasteiger partial charge in [-0.3, -0.25) is 9.89 Å². The fourth-order valence-electron chi connectivity index (χ4n) is 5.43. The number of unbranched alkanes of at least 4 members (excludes halogenated alkanes) is 4. The lowest BCUT2D eigenvalue weighted by molar-refractivity contribution is 0.102. The number of allylic oxidation sites excluding steroid dienone is 2. The summed E-state index contributed by atoms with van der Waals surface area (Å²) in [5, 5.41) is 23.7. The molecule has 0 unspecified atom stereocenters. The summed E-state index contributed by atoms with van der Waals surface area (Å²) in [5.74, 6) is 1.19. The van der Waals surface area contributed by atoms with Crippen LogP contribution < -0.4 is 9.64 Å². The number of aliphatic hydroxyl groups excluding tert-OH is 1. The highest BCUT2D eigenvalue weighted by atomic mass is 32.1. The van der Waals surface area contributed by atoms with E-state index in [1.807, 2.05) is 22.7 Å². The zero-order valence-corrected chi connectivity index (χ0v) is 27.9. The standard InChI is InChI=1S/C35H49N5O3S/c1-6-10-14-26(15-11-7-2)33(42)32-29(23-27-17-19-31(44-27)39(20-12-8-3)21-13-9-4)35-37-36-34(40(35)38-32)28-22-25(24-41)16-18-30(28)43-5/h14,16-19,22,38,41H,6-13,15,20-21,23-24H2,1-5H3/b26-14+. The maximum atomic E-state index is 14.2. The second-order valence-corrected chi connectivity index (χ2v) is 12.5. The molecule has 44 heavy (non-hydrogen) atoms. The first-order valence-electron chi connectivity index (χ1n) is 16.3. The van der Waals surface area contributed by atoms with Gasteiger partial charge in [-0.15, -0.1) is 21.5 Å². The van der Waals surface area contributed by atoms with Gasteiger partial charge in [0.15, 0.2) is 11.5 Å². The number of carbonyl (C=O) groups excluding carboxylic acids is 1. The molecule has 3 aromatic heterocycles. The Morgan fingerprint density at radius 3 is 2.43 bits per heavy atom. The summed E-state index contributed by atoms with van der Waals surface area (Å²) in [6, 6.07) is 9.93. The third kappa shape index (κ3) is 7.80. The van der Waals surface area contributed by atoms with Crippen LogP contribution in [0.5, 0.6) is 5.75 Å². The highest BCUT2D eigenvalue weighted by Gasteiger charge is 2.26. The molecule has 8 nitrogen and oxygen atoms in total. The highest BCUT2D eigenvalue weighted by Crippen LogP contribution is 2.34. The maximum absolute atomic E-state index is 14.2. The number of carbonyl (C=O) groups is 1. The summed E-state index contributed by atoms with van der Waals surface area (Å²) in [6.45, 7) is 10.8. The number of rotatable bonds is 19. The molecule has 0 radical (unpaired) electrons. The van der Waals surface area contributed by atoms with Crippen LogP contribution in [0.1, 0.15) is 112 Å². The lowest BCUT2D eigenvalue weighted by Gasteiger charge is -2.22. The van der Waals surface area contributed by atoms with E-state index >= 15 is 0 Å². The lowest BCUT2D eigenvalue weighted by atomic mass is 9.97. The number of aromatic nitrogens is 4. The van der Waals surface area contributed by atoms with E-state index in [1.165, 1.54) is 35.6 Å². The molecule has 0 aliphatic heterocycles. The Bertz CT molecular complexity index is 1520. The molecule has 4 rings (SSSR count). The van der Waals surface area contributed by atoms with Gasteiger partial charge >= 0.3 is 0 Å². The molecular formula is C35H49N5O3S. The third-order valence-corrected chi connectivity index (χ3v) is 9.16. The minimum Gasteiger partial charge on any atom is -0.496 e. The van der Waals surface area contributed by atoms with E-state index in [1.54, 1.807) is 18.4 Å². The van der Waals surface area contributed by atoms with Gasteiger partial charge in [0.05, 0.1) is 24.3 Å². The molecule has 1 aromatic carbocycles. The summed E-state index contributed by atoms with van der Waals surface area (Å²) in [7, 11) is 1.61. The number of nitrogens with zero attached hydrogens (tertiary/aromatic N) is 4. The number of Topliss-reactive ketones (excluding diaryl/α,β-unsaturated/α-hetero) is 1. The van der Waals surface area contributed by atoms with Crippen LogP contribution in [0.15, 0.2) is 42.0 Å². The number of methoxy groups -OCH3 is 1. The smallest absolute Gasteiger partial charge is 0.206 e. The molecule has 3 heterocycles. The van der Waals surface area contributed by atoms with Crippen LogP contribution in [0.25, 0.3) is 17.0 Å². The molecular weight excluding hydrogens is 570 g/mol. The molecule has 0 spiro atoms. The van der Waals surface area contributed by atoms with Crippen molar-refractivity contribution in [2.24, 2.45) is 0 Å². The molecule has 4 aromatic rings. The van der Waals surface area contributed by atoms with Crippen molar-refractivity contribution in [3.05, 3.63) is 63.7 Å². The van der Waals surface area contributed by atoms with Crippen LogP contribution in [-0.4, -0.2) is 50.9 Å². The van der Waals surface area contributed by atoms with E-state index in [0.29, 0.717) is 34.9 Å². The predicted octanol–water partition coefficient (Wildman–Crippen LogP) is 8.38. The van der Waals surface area contributed by atoms with Crippen molar-refractivity contribution in [2.45, 2.75) is 98.5 Å². The fourth-order valence-corrected chi connectivity index (χ4v) is 6.49. The Morgan fingerprint density at radius 1 is 1.02 bits per heavy atom. The number of hydrogen-bond donors (Lipinski definition) is 2. The minimum absolute atomic E-state index is 0.0266. The van der Waals surface area contributed by atoms with Crippen LogP contribution >= 0.6 is 11.3 Å². The first kappa shape index (κ1) is 33.5. The van der Waals surface area contributed by atoms with Crippen molar-refractivity contribution >= 4 is 27.8 Å². The van der Waals surface area contributed by atoms with E-state index in [4.69, 9.17) is 4.74 Å². The molecule has 0 aliphatic carbocycles. The number of ketones is 1. The number of aromatic amines is 1. The van der Waals surface area contributed by atoms with Gasteiger partial charge in [-0.2, -0.15) is 0 Å². The second-order valence-electron chi connectivity index (χ2n) is 11.4. The minimum atomic E-state index is -0.101. The van der Waals surface area contributed by atoms with Crippen molar-refractivity contribution in [1.82, 2.24) is 19.8 Å². The molecule has 0 aliphatic rings. The van der Waals surface area contributed by atoms with Gasteiger partial charge in [0.1, 0.15) is 11.4 Å². The molecule has 9 heteroatoms. The quantitative estimate of drug-likeness (QED) is 0.0809. The van der Waals surface area contributed by atoms with E-state index in [0.717, 1.165) is 61.9 Å². The SMILES string of the molecule is CCC/C=C(\CCCC)C(=O)c1[nH]n2c(-c3cc(CO)ccc3OC)nnc2c1Cc1ccc(N(CCCC)CCCC)s1. The van der Waals surface area contributed by atoms with Crippen molar-refractivity contribution < 1.29 is 14.6 Å². The second kappa shape index (κ2) is 16.6. The van der Waals surface area contributed by atoms with E-state index in [9.17, 15) is 9.90 Å². The number of fused-ring (bicyclic) bond motifs is 1. The molecule has 0 bridgehead atoms. The normalized spacial score (nSPS) is 11.9. The number of hydrogen-bond acceptors (Lipinski definition) is 7. The molecule has 0 saturated carbocycles. The largest absolute Gasteiger partial charge is 0.496 e. The first-order valence-corrected chi connectivity index (χ1v) is 17.1.